The fourth-order valence-corrected chi connectivity index (χ4v) is 2.25. The van der Waals surface area contributed by atoms with Gasteiger partial charge in [0.15, 0.2) is 0 Å². The molecule has 1 saturated heterocycles. The zero-order valence-corrected chi connectivity index (χ0v) is 8.84. The van der Waals surface area contributed by atoms with Crippen molar-refractivity contribution in [2.24, 2.45) is 0 Å². The van der Waals surface area contributed by atoms with E-state index in [2.05, 4.69) is 4.90 Å². The molecule has 0 radical (unpaired) electrons. The van der Waals surface area contributed by atoms with Crippen LogP contribution in [0.1, 0.15) is 19.3 Å². The maximum absolute atomic E-state index is 12.1. The first-order valence-electron chi connectivity index (χ1n) is 5.20. The summed E-state index contributed by atoms with van der Waals surface area (Å²) in [5, 5.41) is 9.40. The van der Waals surface area contributed by atoms with Crippen molar-refractivity contribution >= 4 is 0 Å². The van der Waals surface area contributed by atoms with Crippen molar-refractivity contribution < 1.29 is 14.2 Å². The molecule has 4 heteroatoms. The Kier molecular flexibility index (Phi) is 4.78. The molecule has 1 N–H and O–H groups in total. The van der Waals surface area contributed by atoms with E-state index >= 15 is 0 Å². The summed E-state index contributed by atoms with van der Waals surface area (Å²) in [4.78, 5) is 2.16. The van der Waals surface area contributed by atoms with E-state index in [0.717, 1.165) is 25.9 Å². The largest absolute Gasteiger partial charge is 0.394 e. The maximum Gasteiger partial charge on any atom is 0.0906 e. The highest BCUT2D eigenvalue weighted by Gasteiger charge is 2.39. The van der Waals surface area contributed by atoms with Gasteiger partial charge in [-0.1, -0.05) is 0 Å². The van der Waals surface area contributed by atoms with E-state index in [9.17, 15) is 9.50 Å². The molecule has 0 spiro atoms. The minimum absolute atomic E-state index is 0.104. The van der Waals surface area contributed by atoms with Crippen LogP contribution in [0.15, 0.2) is 0 Å². The highest BCUT2D eigenvalue weighted by Crippen LogP contribution is 2.29. The van der Waals surface area contributed by atoms with Crippen molar-refractivity contribution in [3.63, 3.8) is 0 Å². The third-order valence-corrected chi connectivity index (χ3v) is 3.01. The molecule has 1 aliphatic heterocycles. The standard InChI is InChI=1S/C10H20FNO2/c1-14-9-10(8-13)4-2-6-12(10)7-3-5-11/h13H,2-9H2,1H3. The molecular formula is C10H20FNO2. The molecule has 1 atom stereocenters. The van der Waals surface area contributed by atoms with Gasteiger partial charge in [0.05, 0.1) is 25.4 Å². The summed E-state index contributed by atoms with van der Waals surface area (Å²) in [5.41, 5.74) is -0.246. The zero-order chi connectivity index (χ0) is 10.4. The predicted molar refractivity (Wildman–Crippen MR) is 53.1 cm³/mol. The van der Waals surface area contributed by atoms with E-state index in [4.69, 9.17) is 4.74 Å². The van der Waals surface area contributed by atoms with Gasteiger partial charge in [0.2, 0.25) is 0 Å². The van der Waals surface area contributed by atoms with Crippen molar-refractivity contribution in [3.8, 4) is 0 Å². The summed E-state index contributed by atoms with van der Waals surface area (Å²) < 4.78 is 17.2. The smallest absolute Gasteiger partial charge is 0.0906 e. The van der Waals surface area contributed by atoms with Crippen LogP contribution in [-0.4, -0.2) is 55.6 Å². The van der Waals surface area contributed by atoms with Gasteiger partial charge in [-0.2, -0.15) is 0 Å². The molecule has 0 bridgehead atoms. The van der Waals surface area contributed by atoms with E-state index in [1.165, 1.54) is 0 Å². The molecular weight excluding hydrogens is 185 g/mol. The second kappa shape index (κ2) is 5.63. The van der Waals surface area contributed by atoms with E-state index < -0.39 is 0 Å². The number of halogens is 1. The molecule has 0 saturated carbocycles. The molecule has 84 valence electrons. The normalized spacial score (nSPS) is 28.5. The number of alkyl halides is 1. The number of rotatable bonds is 6. The van der Waals surface area contributed by atoms with Crippen LogP contribution in [0, 0.1) is 0 Å². The number of nitrogens with zero attached hydrogens (tertiary/aromatic N) is 1. The lowest BCUT2D eigenvalue weighted by atomic mass is 9.98. The van der Waals surface area contributed by atoms with Crippen LogP contribution >= 0.6 is 0 Å². The third kappa shape index (κ3) is 2.43. The van der Waals surface area contributed by atoms with Crippen molar-refractivity contribution in [2.75, 3.05) is 40.1 Å². The molecule has 0 aromatic rings. The Morgan fingerprint density at radius 2 is 2.36 bits per heavy atom. The van der Waals surface area contributed by atoms with Gasteiger partial charge in [-0.15, -0.1) is 0 Å². The number of likely N-dealkylation sites (tertiary alicyclic amines) is 1. The first-order valence-corrected chi connectivity index (χ1v) is 5.20. The summed E-state index contributed by atoms with van der Waals surface area (Å²) in [7, 11) is 1.64. The van der Waals surface area contributed by atoms with Crippen molar-refractivity contribution in [3.05, 3.63) is 0 Å². The summed E-state index contributed by atoms with van der Waals surface area (Å²) in [5.74, 6) is 0. The number of aliphatic hydroxyl groups excluding tert-OH is 1. The summed E-state index contributed by atoms with van der Waals surface area (Å²) in [6.45, 7) is 2.03. The molecule has 1 aliphatic rings. The lowest BCUT2D eigenvalue weighted by Crippen LogP contribution is -2.50. The van der Waals surface area contributed by atoms with E-state index in [1.54, 1.807) is 7.11 Å². The van der Waals surface area contributed by atoms with E-state index in [0.29, 0.717) is 13.0 Å². The Hall–Kier alpha value is -0.190. The minimum atomic E-state index is -0.287. The molecule has 14 heavy (non-hydrogen) atoms. The maximum atomic E-state index is 12.1. The molecule has 1 unspecified atom stereocenters. The molecule has 1 heterocycles. The summed E-state index contributed by atoms with van der Waals surface area (Å²) >= 11 is 0. The van der Waals surface area contributed by atoms with Crippen LogP contribution in [0.4, 0.5) is 4.39 Å². The van der Waals surface area contributed by atoms with E-state index in [-0.39, 0.29) is 18.8 Å². The summed E-state index contributed by atoms with van der Waals surface area (Å²) in [6, 6.07) is 0. The monoisotopic (exact) mass is 205 g/mol. The number of hydrogen-bond acceptors (Lipinski definition) is 3. The third-order valence-electron chi connectivity index (χ3n) is 3.01. The van der Waals surface area contributed by atoms with Crippen molar-refractivity contribution in [1.82, 2.24) is 4.90 Å². The Morgan fingerprint density at radius 3 is 2.93 bits per heavy atom. The van der Waals surface area contributed by atoms with Crippen LogP contribution in [0.2, 0.25) is 0 Å². The van der Waals surface area contributed by atoms with Gasteiger partial charge in [0, 0.05) is 13.7 Å². The highest BCUT2D eigenvalue weighted by molar-refractivity contribution is 4.95. The first kappa shape index (κ1) is 11.9. The SMILES string of the molecule is COCC1(CO)CCCN1CCCF. The van der Waals surface area contributed by atoms with Crippen molar-refractivity contribution in [2.45, 2.75) is 24.8 Å². The number of aliphatic hydroxyl groups is 1. The lowest BCUT2D eigenvalue weighted by Gasteiger charge is -2.36. The average Bonchev–Trinajstić information content (AvgIpc) is 2.59. The van der Waals surface area contributed by atoms with Gasteiger partial charge in [0.25, 0.3) is 0 Å². The lowest BCUT2D eigenvalue weighted by molar-refractivity contribution is -0.00317. The molecule has 1 fully saturated rings. The van der Waals surface area contributed by atoms with Crippen LogP contribution < -0.4 is 0 Å². The number of hydrogen-bond donors (Lipinski definition) is 1. The van der Waals surface area contributed by atoms with Crippen LogP contribution in [0.3, 0.4) is 0 Å². The second-order valence-corrected chi connectivity index (χ2v) is 3.95. The molecule has 0 aliphatic carbocycles. The molecule has 1 rings (SSSR count). The van der Waals surface area contributed by atoms with Gasteiger partial charge in [-0.25, -0.2) is 0 Å². The van der Waals surface area contributed by atoms with E-state index in [1.807, 2.05) is 0 Å². The van der Waals surface area contributed by atoms with Gasteiger partial charge >= 0.3 is 0 Å². The molecule has 0 aromatic carbocycles. The quantitative estimate of drug-likeness (QED) is 0.697. The average molecular weight is 205 g/mol. The topological polar surface area (TPSA) is 32.7 Å². The highest BCUT2D eigenvalue weighted by atomic mass is 19.1. The first-order chi connectivity index (χ1) is 6.79. The number of ether oxygens (including phenoxy) is 1. The Balaban J connectivity index is 2.53. The van der Waals surface area contributed by atoms with Gasteiger partial charge < -0.3 is 9.84 Å². The Bertz CT molecular complexity index is 168. The van der Waals surface area contributed by atoms with Crippen molar-refractivity contribution in [1.29, 1.82) is 0 Å². The van der Waals surface area contributed by atoms with Crippen LogP contribution in [0.25, 0.3) is 0 Å². The zero-order valence-electron chi connectivity index (χ0n) is 8.84. The number of methoxy groups -OCH3 is 1. The molecule has 0 aromatic heterocycles. The van der Waals surface area contributed by atoms with Gasteiger partial charge in [0.1, 0.15) is 0 Å². The minimum Gasteiger partial charge on any atom is -0.394 e. The fraction of sp³-hybridized carbons (Fsp3) is 1.00. The predicted octanol–water partition coefficient (Wildman–Crippen LogP) is 0.819. The van der Waals surface area contributed by atoms with Crippen LogP contribution in [0.5, 0.6) is 0 Å². The van der Waals surface area contributed by atoms with Crippen LogP contribution in [-0.2, 0) is 4.74 Å². The Morgan fingerprint density at radius 1 is 1.57 bits per heavy atom. The molecule has 3 nitrogen and oxygen atoms in total. The summed E-state index contributed by atoms with van der Waals surface area (Å²) in [6.07, 6.45) is 2.56. The second-order valence-electron chi connectivity index (χ2n) is 3.95. The Labute approximate surface area is 84.9 Å². The van der Waals surface area contributed by atoms with Gasteiger partial charge in [-0.05, 0) is 25.8 Å². The molecule has 0 amide bonds. The van der Waals surface area contributed by atoms with Gasteiger partial charge in [-0.3, -0.25) is 9.29 Å². The fourth-order valence-electron chi connectivity index (χ4n) is 2.25.